The zero-order chi connectivity index (χ0) is 17.7. The Morgan fingerprint density at radius 1 is 1.42 bits per heavy atom. The molecule has 1 atom stereocenters. The van der Waals surface area contributed by atoms with Crippen LogP contribution in [0, 0.1) is 0 Å². The molecule has 0 bridgehead atoms. The number of pyridine rings is 1. The van der Waals surface area contributed by atoms with Crippen LogP contribution in [0.4, 0.5) is 10.6 Å². The highest BCUT2D eigenvalue weighted by Gasteiger charge is 2.29. The minimum absolute atomic E-state index is 0.309. The van der Waals surface area contributed by atoms with Crippen molar-refractivity contribution >= 4 is 11.9 Å². The standard InChI is InChI=1S/C19H31N3O2/c1-6-13-22(18(23)24-19(2,3)4)17-15(10-9-12-20-17)16-11-7-8-14-21(16)5/h9-10,12,16H,6-8,11,13-14H2,1-5H3/t16-/m0/s1. The molecule has 1 saturated heterocycles. The van der Waals surface area contributed by atoms with Crippen molar-refractivity contribution in [1.29, 1.82) is 0 Å². The Labute approximate surface area is 146 Å². The van der Waals surface area contributed by atoms with E-state index in [1.165, 1.54) is 12.8 Å². The Balaban J connectivity index is 2.34. The quantitative estimate of drug-likeness (QED) is 0.820. The third-order valence-corrected chi connectivity index (χ3v) is 4.26. The zero-order valence-electron chi connectivity index (χ0n) is 15.7. The molecule has 0 saturated carbocycles. The third-order valence-electron chi connectivity index (χ3n) is 4.26. The van der Waals surface area contributed by atoms with Gasteiger partial charge in [-0.3, -0.25) is 9.80 Å². The maximum Gasteiger partial charge on any atom is 0.416 e. The number of hydrogen-bond acceptors (Lipinski definition) is 4. The van der Waals surface area contributed by atoms with Crippen LogP contribution in [0.3, 0.4) is 0 Å². The number of hydrogen-bond donors (Lipinski definition) is 0. The lowest BCUT2D eigenvalue weighted by molar-refractivity contribution is 0.0578. The van der Waals surface area contributed by atoms with Crippen LogP contribution in [0.2, 0.25) is 0 Å². The first-order chi connectivity index (χ1) is 11.3. The number of piperidine rings is 1. The van der Waals surface area contributed by atoms with Gasteiger partial charge in [-0.05, 0) is 59.7 Å². The number of nitrogens with zero attached hydrogens (tertiary/aromatic N) is 3. The summed E-state index contributed by atoms with van der Waals surface area (Å²) in [7, 11) is 2.15. The first-order valence-electron chi connectivity index (χ1n) is 8.99. The van der Waals surface area contributed by atoms with E-state index in [-0.39, 0.29) is 6.09 Å². The summed E-state index contributed by atoms with van der Waals surface area (Å²) in [6, 6.07) is 4.37. The lowest BCUT2D eigenvalue weighted by atomic mass is 9.96. The molecule has 0 aliphatic carbocycles. The van der Waals surface area contributed by atoms with Crippen molar-refractivity contribution in [1.82, 2.24) is 9.88 Å². The Kier molecular flexibility index (Phi) is 6.21. The Morgan fingerprint density at radius 2 is 2.17 bits per heavy atom. The molecule has 0 spiro atoms. The van der Waals surface area contributed by atoms with Gasteiger partial charge in [0.2, 0.25) is 0 Å². The van der Waals surface area contributed by atoms with Crippen LogP contribution < -0.4 is 4.90 Å². The van der Waals surface area contributed by atoms with Gasteiger partial charge in [0.1, 0.15) is 11.4 Å². The molecule has 5 nitrogen and oxygen atoms in total. The Bertz CT molecular complexity index is 554. The Morgan fingerprint density at radius 3 is 2.79 bits per heavy atom. The SMILES string of the molecule is CCCN(C(=O)OC(C)(C)C)c1ncccc1[C@@H]1CCCCN1C. The summed E-state index contributed by atoms with van der Waals surface area (Å²) in [5.74, 6) is 0.743. The summed E-state index contributed by atoms with van der Waals surface area (Å²) >= 11 is 0. The molecule has 2 heterocycles. The third kappa shape index (κ3) is 4.69. The highest BCUT2D eigenvalue weighted by Crippen LogP contribution is 2.34. The molecule has 1 aromatic heterocycles. The maximum atomic E-state index is 12.7. The van der Waals surface area contributed by atoms with Crippen molar-refractivity contribution in [3.8, 4) is 0 Å². The van der Waals surface area contributed by atoms with Gasteiger partial charge in [-0.1, -0.05) is 19.4 Å². The summed E-state index contributed by atoms with van der Waals surface area (Å²) in [5, 5.41) is 0. The van der Waals surface area contributed by atoms with Crippen LogP contribution in [0.15, 0.2) is 18.3 Å². The molecular weight excluding hydrogens is 302 g/mol. The van der Waals surface area contributed by atoms with Gasteiger partial charge >= 0.3 is 6.09 Å². The molecule has 0 aromatic carbocycles. The number of rotatable bonds is 4. The second-order valence-electron chi connectivity index (χ2n) is 7.54. The summed E-state index contributed by atoms with van der Waals surface area (Å²) in [5.41, 5.74) is 0.610. The van der Waals surface area contributed by atoms with Crippen LogP contribution in [-0.4, -0.2) is 41.7 Å². The molecule has 0 radical (unpaired) electrons. The van der Waals surface area contributed by atoms with Crippen molar-refractivity contribution in [2.24, 2.45) is 0 Å². The number of amides is 1. The van der Waals surface area contributed by atoms with Gasteiger partial charge in [-0.2, -0.15) is 0 Å². The number of carbonyl (C=O) groups is 1. The van der Waals surface area contributed by atoms with Crippen LogP contribution in [0.1, 0.15) is 65.0 Å². The zero-order valence-corrected chi connectivity index (χ0v) is 15.7. The van der Waals surface area contributed by atoms with Gasteiger partial charge < -0.3 is 4.74 Å². The molecule has 1 aromatic rings. The molecule has 1 fully saturated rings. The van der Waals surface area contributed by atoms with Gasteiger partial charge in [0.25, 0.3) is 0 Å². The van der Waals surface area contributed by atoms with Gasteiger partial charge in [-0.15, -0.1) is 0 Å². The fourth-order valence-corrected chi connectivity index (χ4v) is 3.19. The second kappa shape index (κ2) is 7.97. The predicted octanol–water partition coefficient (Wildman–Crippen LogP) is 4.39. The fraction of sp³-hybridized carbons (Fsp3) is 0.684. The summed E-state index contributed by atoms with van der Waals surface area (Å²) < 4.78 is 5.61. The molecule has 2 rings (SSSR count). The predicted molar refractivity (Wildman–Crippen MR) is 97.3 cm³/mol. The van der Waals surface area contributed by atoms with Crippen LogP contribution in [-0.2, 0) is 4.74 Å². The van der Waals surface area contributed by atoms with E-state index in [2.05, 4.69) is 29.9 Å². The molecule has 0 unspecified atom stereocenters. The highest BCUT2D eigenvalue weighted by molar-refractivity contribution is 5.87. The maximum absolute atomic E-state index is 12.7. The fourth-order valence-electron chi connectivity index (χ4n) is 3.19. The number of likely N-dealkylation sites (tertiary alicyclic amines) is 1. The van der Waals surface area contributed by atoms with E-state index in [1.54, 1.807) is 11.1 Å². The molecule has 1 amide bonds. The van der Waals surface area contributed by atoms with E-state index in [0.717, 1.165) is 30.8 Å². The largest absolute Gasteiger partial charge is 0.443 e. The van der Waals surface area contributed by atoms with E-state index >= 15 is 0 Å². The summed E-state index contributed by atoms with van der Waals surface area (Å²) in [4.78, 5) is 21.3. The van der Waals surface area contributed by atoms with Gasteiger partial charge in [-0.25, -0.2) is 9.78 Å². The molecule has 0 N–H and O–H groups in total. The second-order valence-corrected chi connectivity index (χ2v) is 7.54. The average molecular weight is 333 g/mol. The average Bonchev–Trinajstić information content (AvgIpc) is 2.51. The van der Waals surface area contributed by atoms with E-state index in [1.807, 2.05) is 26.8 Å². The van der Waals surface area contributed by atoms with Crippen molar-refractivity contribution in [3.05, 3.63) is 23.9 Å². The van der Waals surface area contributed by atoms with Crippen LogP contribution >= 0.6 is 0 Å². The first kappa shape index (κ1) is 18.7. The van der Waals surface area contributed by atoms with Crippen LogP contribution in [0.25, 0.3) is 0 Å². The van der Waals surface area contributed by atoms with Crippen molar-refractivity contribution in [2.45, 2.75) is 65.0 Å². The normalized spacial score (nSPS) is 19.1. The van der Waals surface area contributed by atoms with Gasteiger partial charge in [0.05, 0.1) is 0 Å². The molecule has 5 heteroatoms. The monoisotopic (exact) mass is 333 g/mol. The number of carbonyl (C=O) groups excluding carboxylic acids is 1. The lowest BCUT2D eigenvalue weighted by Gasteiger charge is -2.35. The number of aromatic nitrogens is 1. The van der Waals surface area contributed by atoms with E-state index in [4.69, 9.17) is 4.74 Å². The van der Waals surface area contributed by atoms with Gasteiger partial charge in [0.15, 0.2) is 0 Å². The van der Waals surface area contributed by atoms with Gasteiger partial charge in [0, 0.05) is 24.3 Å². The number of ether oxygens (including phenoxy) is 1. The van der Waals surface area contributed by atoms with E-state index in [0.29, 0.717) is 12.6 Å². The topological polar surface area (TPSA) is 45.7 Å². The summed E-state index contributed by atoms with van der Waals surface area (Å²) in [6.07, 6.45) is 5.84. The first-order valence-corrected chi connectivity index (χ1v) is 8.99. The molecular formula is C19H31N3O2. The van der Waals surface area contributed by atoms with E-state index < -0.39 is 5.60 Å². The molecule has 1 aliphatic rings. The highest BCUT2D eigenvalue weighted by atomic mass is 16.6. The van der Waals surface area contributed by atoms with E-state index in [9.17, 15) is 4.79 Å². The summed E-state index contributed by atoms with van der Waals surface area (Å²) in [6.45, 7) is 9.43. The minimum Gasteiger partial charge on any atom is -0.443 e. The molecule has 134 valence electrons. The Hall–Kier alpha value is -1.62. The van der Waals surface area contributed by atoms with Crippen LogP contribution in [0.5, 0.6) is 0 Å². The smallest absolute Gasteiger partial charge is 0.416 e. The number of anilines is 1. The van der Waals surface area contributed by atoms with Crippen molar-refractivity contribution in [2.75, 3.05) is 25.0 Å². The minimum atomic E-state index is -0.514. The van der Waals surface area contributed by atoms with Crippen molar-refractivity contribution in [3.63, 3.8) is 0 Å². The van der Waals surface area contributed by atoms with Crippen molar-refractivity contribution < 1.29 is 9.53 Å². The molecule has 1 aliphatic heterocycles. The molecule has 24 heavy (non-hydrogen) atoms. The lowest BCUT2D eigenvalue weighted by Crippen LogP contribution is -2.39.